The Morgan fingerprint density at radius 3 is 2.44 bits per heavy atom. The zero-order valence-corrected chi connectivity index (χ0v) is 15.1. The van der Waals surface area contributed by atoms with Gasteiger partial charge in [-0.3, -0.25) is 9.69 Å². The van der Waals surface area contributed by atoms with Crippen LogP contribution in [0.15, 0.2) is 54.6 Å². The summed E-state index contributed by atoms with van der Waals surface area (Å²) in [6.07, 6.45) is 5.09. The van der Waals surface area contributed by atoms with E-state index in [0.29, 0.717) is 5.56 Å². The Balaban J connectivity index is 1.42. The van der Waals surface area contributed by atoms with Crippen LogP contribution in [-0.2, 0) is 11.3 Å². The number of benzene rings is 2. The molecule has 0 saturated carbocycles. The zero-order chi connectivity index (χ0) is 19.1. The molecule has 0 aliphatic carbocycles. The third-order valence-corrected chi connectivity index (χ3v) is 4.72. The molecule has 1 amide bonds. The molecule has 0 aromatic heterocycles. The fourth-order valence-electron chi connectivity index (χ4n) is 3.17. The van der Waals surface area contributed by atoms with Crippen molar-refractivity contribution in [3.8, 4) is 6.07 Å². The van der Waals surface area contributed by atoms with Crippen molar-refractivity contribution in [2.24, 2.45) is 0 Å². The molecular formula is C22H22FN3O. The summed E-state index contributed by atoms with van der Waals surface area (Å²) in [4.78, 5) is 14.4. The second-order valence-corrected chi connectivity index (χ2v) is 6.75. The molecule has 5 heteroatoms. The van der Waals surface area contributed by atoms with Gasteiger partial charge in [0.2, 0.25) is 5.91 Å². The van der Waals surface area contributed by atoms with Crippen LogP contribution in [0.3, 0.4) is 0 Å². The average molecular weight is 363 g/mol. The van der Waals surface area contributed by atoms with Gasteiger partial charge in [-0.1, -0.05) is 24.3 Å². The Hall–Kier alpha value is -2.97. The van der Waals surface area contributed by atoms with Crippen LogP contribution in [0.4, 0.5) is 4.39 Å². The molecule has 1 aliphatic rings. The molecule has 1 N–H and O–H groups in total. The van der Waals surface area contributed by atoms with Gasteiger partial charge in [-0.05, 0) is 54.3 Å². The van der Waals surface area contributed by atoms with Crippen molar-refractivity contribution >= 4 is 12.0 Å². The van der Waals surface area contributed by atoms with Crippen LogP contribution >= 0.6 is 0 Å². The number of halogens is 1. The molecule has 0 unspecified atom stereocenters. The van der Waals surface area contributed by atoms with Crippen LogP contribution in [0.25, 0.3) is 6.08 Å². The molecule has 2 aromatic carbocycles. The second-order valence-electron chi connectivity index (χ2n) is 6.75. The normalized spacial score (nSPS) is 15.6. The summed E-state index contributed by atoms with van der Waals surface area (Å²) in [6, 6.07) is 15.9. The monoisotopic (exact) mass is 363 g/mol. The molecule has 1 saturated heterocycles. The molecule has 3 rings (SSSR count). The topological polar surface area (TPSA) is 56.1 Å². The van der Waals surface area contributed by atoms with E-state index in [9.17, 15) is 9.18 Å². The Labute approximate surface area is 158 Å². The summed E-state index contributed by atoms with van der Waals surface area (Å²) >= 11 is 0. The van der Waals surface area contributed by atoms with Crippen molar-refractivity contribution < 1.29 is 9.18 Å². The Morgan fingerprint density at radius 2 is 1.81 bits per heavy atom. The fraction of sp³-hybridized carbons (Fsp3) is 0.273. The molecule has 0 bridgehead atoms. The highest BCUT2D eigenvalue weighted by Gasteiger charge is 2.20. The van der Waals surface area contributed by atoms with Crippen molar-refractivity contribution in [3.05, 3.63) is 77.1 Å². The quantitative estimate of drug-likeness (QED) is 0.828. The number of nitrogens with one attached hydrogen (secondary N) is 1. The van der Waals surface area contributed by atoms with Gasteiger partial charge in [0.05, 0.1) is 11.6 Å². The van der Waals surface area contributed by atoms with E-state index < -0.39 is 0 Å². The number of nitriles is 1. The predicted molar refractivity (Wildman–Crippen MR) is 103 cm³/mol. The molecule has 0 spiro atoms. The molecule has 1 fully saturated rings. The third-order valence-electron chi connectivity index (χ3n) is 4.72. The van der Waals surface area contributed by atoms with E-state index in [1.165, 1.54) is 18.2 Å². The number of likely N-dealkylation sites (tertiary alicyclic amines) is 1. The third kappa shape index (κ3) is 5.77. The van der Waals surface area contributed by atoms with Crippen LogP contribution < -0.4 is 5.32 Å². The summed E-state index contributed by atoms with van der Waals surface area (Å²) < 4.78 is 13.0. The van der Waals surface area contributed by atoms with Crippen LogP contribution in [0, 0.1) is 17.1 Å². The number of nitrogens with zero attached hydrogens (tertiary/aromatic N) is 2. The first-order valence-electron chi connectivity index (χ1n) is 9.08. The number of carbonyl (C=O) groups is 1. The van der Waals surface area contributed by atoms with Crippen molar-refractivity contribution in [2.75, 3.05) is 13.1 Å². The van der Waals surface area contributed by atoms with Gasteiger partial charge in [0.1, 0.15) is 5.82 Å². The minimum Gasteiger partial charge on any atom is -0.350 e. The van der Waals surface area contributed by atoms with Gasteiger partial charge in [0.15, 0.2) is 0 Å². The van der Waals surface area contributed by atoms with Crippen LogP contribution in [-0.4, -0.2) is 29.9 Å². The molecule has 2 aromatic rings. The number of carbonyl (C=O) groups excluding carboxylic acids is 1. The van der Waals surface area contributed by atoms with Gasteiger partial charge in [0, 0.05) is 31.8 Å². The maximum atomic E-state index is 13.0. The van der Waals surface area contributed by atoms with Gasteiger partial charge in [0.25, 0.3) is 0 Å². The van der Waals surface area contributed by atoms with Crippen LogP contribution in [0.1, 0.15) is 29.5 Å². The van der Waals surface area contributed by atoms with Crippen LogP contribution in [0.2, 0.25) is 0 Å². The Bertz CT molecular complexity index is 829. The predicted octanol–water partition coefficient (Wildman–Crippen LogP) is 3.49. The lowest BCUT2D eigenvalue weighted by Crippen LogP contribution is -2.43. The van der Waals surface area contributed by atoms with Gasteiger partial charge in [-0.15, -0.1) is 0 Å². The van der Waals surface area contributed by atoms with Crippen molar-refractivity contribution in [1.82, 2.24) is 10.2 Å². The highest BCUT2D eigenvalue weighted by molar-refractivity contribution is 5.91. The number of piperidine rings is 1. The SMILES string of the molecule is N#Cc1ccc(/C=C/C(=O)NC2CCN(Cc3ccc(F)cc3)CC2)cc1. The smallest absolute Gasteiger partial charge is 0.244 e. The van der Waals surface area contributed by atoms with Crippen molar-refractivity contribution in [2.45, 2.75) is 25.4 Å². The highest BCUT2D eigenvalue weighted by atomic mass is 19.1. The largest absolute Gasteiger partial charge is 0.350 e. The number of hydrogen-bond donors (Lipinski definition) is 1. The van der Waals surface area contributed by atoms with E-state index in [0.717, 1.165) is 43.6 Å². The van der Waals surface area contributed by atoms with E-state index >= 15 is 0 Å². The fourth-order valence-corrected chi connectivity index (χ4v) is 3.17. The first kappa shape index (κ1) is 18.8. The molecule has 138 valence electrons. The maximum absolute atomic E-state index is 13.0. The summed E-state index contributed by atoms with van der Waals surface area (Å²) in [5.74, 6) is -0.314. The average Bonchev–Trinajstić information content (AvgIpc) is 2.70. The van der Waals surface area contributed by atoms with E-state index in [-0.39, 0.29) is 17.8 Å². The molecule has 1 aliphatic heterocycles. The van der Waals surface area contributed by atoms with Gasteiger partial charge in [-0.2, -0.15) is 5.26 Å². The molecule has 27 heavy (non-hydrogen) atoms. The van der Waals surface area contributed by atoms with E-state index in [2.05, 4.69) is 16.3 Å². The highest BCUT2D eigenvalue weighted by Crippen LogP contribution is 2.14. The molecular weight excluding hydrogens is 341 g/mol. The van der Waals surface area contributed by atoms with Gasteiger partial charge < -0.3 is 5.32 Å². The van der Waals surface area contributed by atoms with E-state index in [1.807, 2.05) is 24.3 Å². The molecule has 0 radical (unpaired) electrons. The maximum Gasteiger partial charge on any atom is 0.244 e. The first-order valence-corrected chi connectivity index (χ1v) is 9.08. The summed E-state index contributed by atoms with van der Waals surface area (Å²) in [6.45, 7) is 2.61. The molecule has 0 atom stereocenters. The first-order chi connectivity index (χ1) is 13.1. The Morgan fingerprint density at radius 1 is 1.15 bits per heavy atom. The Kier molecular flexibility index (Phi) is 6.35. The van der Waals surface area contributed by atoms with E-state index in [1.54, 1.807) is 18.2 Å². The lowest BCUT2D eigenvalue weighted by Gasteiger charge is -2.32. The zero-order valence-electron chi connectivity index (χ0n) is 15.1. The molecule has 4 nitrogen and oxygen atoms in total. The lowest BCUT2D eigenvalue weighted by atomic mass is 10.0. The number of hydrogen-bond acceptors (Lipinski definition) is 3. The minimum atomic E-state index is -0.214. The van der Waals surface area contributed by atoms with Crippen LogP contribution in [0.5, 0.6) is 0 Å². The van der Waals surface area contributed by atoms with E-state index in [4.69, 9.17) is 5.26 Å². The standard InChI is InChI=1S/C22H22FN3O/c23-20-8-5-19(6-9-20)16-26-13-11-21(12-14-26)25-22(27)10-7-17-1-3-18(15-24)4-2-17/h1-10,21H,11-14,16H2,(H,25,27)/b10-7+. The van der Waals surface area contributed by atoms with Gasteiger partial charge >= 0.3 is 0 Å². The van der Waals surface area contributed by atoms with Gasteiger partial charge in [-0.25, -0.2) is 4.39 Å². The summed E-state index contributed by atoms with van der Waals surface area (Å²) in [5, 5.41) is 11.8. The minimum absolute atomic E-state index is 0.101. The number of rotatable bonds is 5. The lowest BCUT2D eigenvalue weighted by molar-refractivity contribution is -0.117. The summed E-state index contributed by atoms with van der Waals surface area (Å²) in [7, 11) is 0. The summed E-state index contributed by atoms with van der Waals surface area (Å²) in [5.41, 5.74) is 2.59. The van der Waals surface area contributed by atoms with Crippen molar-refractivity contribution in [1.29, 1.82) is 5.26 Å². The number of amides is 1. The molecule has 1 heterocycles. The second kappa shape index (κ2) is 9.11. The van der Waals surface area contributed by atoms with Crippen molar-refractivity contribution in [3.63, 3.8) is 0 Å².